The van der Waals surface area contributed by atoms with Gasteiger partial charge in [0.05, 0.1) is 11.9 Å². The molecule has 5 heteroatoms. The summed E-state index contributed by atoms with van der Waals surface area (Å²) in [5, 5.41) is 2.67. The molecule has 0 saturated carbocycles. The van der Waals surface area contributed by atoms with E-state index in [4.69, 9.17) is 4.74 Å². The minimum atomic E-state index is -0.491. The molecule has 1 amide bonds. The number of aromatic nitrogens is 2. The fourth-order valence-electron chi connectivity index (χ4n) is 2.72. The SMILES string of the molecule is CNC(=O)c1cc2c(n1C)-c1ccncc1OC2(C)C. The zero-order chi connectivity index (χ0) is 14.5. The minimum Gasteiger partial charge on any atom is -0.481 e. The molecule has 20 heavy (non-hydrogen) atoms. The topological polar surface area (TPSA) is 56.2 Å². The van der Waals surface area contributed by atoms with Gasteiger partial charge < -0.3 is 14.6 Å². The lowest BCUT2D eigenvalue weighted by Crippen LogP contribution is -2.29. The number of carbonyl (C=O) groups excluding carboxylic acids is 1. The number of nitrogens with zero attached hydrogens (tertiary/aromatic N) is 2. The van der Waals surface area contributed by atoms with Crippen LogP contribution in [0.3, 0.4) is 0 Å². The summed E-state index contributed by atoms with van der Waals surface area (Å²) in [6.45, 7) is 3.99. The monoisotopic (exact) mass is 271 g/mol. The Morgan fingerprint density at radius 3 is 2.90 bits per heavy atom. The molecular formula is C15H17N3O2. The molecule has 0 unspecified atom stereocenters. The van der Waals surface area contributed by atoms with Crippen molar-refractivity contribution in [3.05, 3.63) is 35.8 Å². The van der Waals surface area contributed by atoms with Gasteiger partial charge in [-0.2, -0.15) is 0 Å². The average Bonchev–Trinajstić information content (AvgIpc) is 2.77. The Balaban J connectivity index is 2.31. The summed E-state index contributed by atoms with van der Waals surface area (Å²) in [5.41, 5.74) is 3.12. The first-order valence-corrected chi connectivity index (χ1v) is 6.51. The Morgan fingerprint density at radius 2 is 2.20 bits per heavy atom. The third-order valence-electron chi connectivity index (χ3n) is 3.75. The third-order valence-corrected chi connectivity index (χ3v) is 3.75. The van der Waals surface area contributed by atoms with E-state index in [0.717, 1.165) is 22.6 Å². The molecule has 0 bridgehead atoms. The normalized spacial score (nSPS) is 15.0. The first kappa shape index (κ1) is 12.7. The summed E-state index contributed by atoms with van der Waals surface area (Å²) in [7, 11) is 3.53. The maximum atomic E-state index is 12.0. The minimum absolute atomic E-state index is 0.103. The fraction of sp³-hybridized carbons (Fsp3) is 0.333. The van der Waals surface area contributed by atoms with E-state index in [0.29, 0.717) is 5.69 Å². The molecule has 3 rings (SSSR count). The van der Waals surface area contributed by atoms with Crippen LogP contribution in [0.1, 0.15) is 29.9 Å². The Bertz CT molecular complexity index is 701. The molecule has 1 aliphatic heterocycles. The number of pyridine rings is 1. The maximum Gasteiger partial charge on any atom is 0.267 e. The summed E-state index contributed by atoms with van der Waals surface area (Å²) in [6, 6.07) is 3.81. The van der Waals surface area contributed by atoms with E-state index in [2.05, 4.69) is 10.3 Å². The average molecular weight is 271 g/mol. The first-order chi connectivity index (χ1) is 9.45. The number of carbonyl (C=O) groups is 1. The highest BCUT2D eigenvalue weighted by Crippen LogP contribution is 2.45. The smallest absolute Gasteiger partial charge is 0.267 e. The van der Waals surface area contributed by atoms with Gasteiger partial charge in [-0.25, -0.2) is 0 Å². The van der Waals surface area contributed by atoms with Crippen molar-refractivity contribution in [2.75, 3.05) is 7.05 Å². The highest BCUT2D eigenvalue weighted by molar-refractivity contribution is 5.95. The van der Waals surface area contributed by atoms with Gasteiger partial charge >= 0.3 is 0 Å². The van der Waals surface area contributed by atoms with Gasteiger partial charge in [-0.1, -0.05) is 0 Å². The summed E-state index contributed by atoms with van der Waals surface area (Å²) in [5.74, 6) is 0.642. The van der Waals surface area contributed by atoms with E-state index >= 15 is 0 Å². The molecule has 0 atom stereocenters. The fourth-order valence-corrected chi connectivity index (χ4v) is 2.72. The molecule has 5 nitrogen and oxygen atoms in total. The highest BCUT2D eigenvalue weighted by Gasteiger charge is 2.36. The molecular weight excluding hydrogens is 254 g/mol. The predicted octanol–water partition coefficient (Wildman–Crippen LogP) is 2.07. The van der Waals surface area contributed by atoms with Gasteiger partial charge in [0.1, 0.15) is 17.0 Å². The number of rotatable bonds is 1. The van der Waals surface area contributed by atoms with Crippen LogP contribution >= 0.6 is 0 Å². The summed E-state index contributed by atoms with van der Waals surface area (Å²) in [4.78, 5) is 16.1. The predicted molar refractivity (Wildman–Crippen MR) is 75.7 cm³/mol. The van der Waals surface area contributed by atoms with Gasteiger partial charge in [-0.15, -0.1) is 0 Å². The number of nitrogens with one attached hydrogen (secondary N) is 1. The van der Waals surface area contributed by atoms with E-state index in [-0.39, 0.29) is 5.91 Å². The highest BCUT2D eigenvalue weighted by atomic mass is 16.5. The standard InChI is InChI=1S/C15H17N3O2/c1-15(2)10-7-11(14(19)16-3)18(4)13(10)9-5-6-17-8-12(9)20-15/h5-8H,1-4H3,(H,16,19). The molecule has 104 valence electrons. The molecule has 0 fully saturated rings. The zero-order valence-electron chi connectivity index (χ0n) is 12.0. The lowest BCUT2D eigenvalue weighted by atomic mass is 9.92. The van der Waals surface area contributed by atoms with Crippen LogP contribution < -0.4 is 10.1 Å². The number of fused-ring (bicyclic) bond motifs is 3. The number of hydrogen-bond acceptors (Lipinski definition) is 3. The van der Waals surface area contributed by atoms with Crippen molar-refractivity contribution in [3.63, 3.8) is 0 Å². The molecule has 0 spiro atoms. The summed E-state index contributed by atoms with van der Waals surface area (Å²) < 4.78 is 7.93. The van der Waals surface area contributed by atoms with Crippen LogP contribution in [-0.4, -0.2) is 22.5 Å². The number of ether oxygens (including phenoxy) is 1. The van der Waals surface area contributed by atoms with E-state index in [9.17, 15) is 4.79 Å². The Labute approximate surface area is 117 Å². The van der Waals surface area contributed by atoms with E-state index in [1.54, 1.807) is 19.4 Å². The second kappa shape index (κ2) is 4.10. The van der Waals surface area contributed by atoms with Crippen molar-refractivity contribution in [3.8, 4) is 17.0 Å². The van der Waals surface area contributed by atoms with Gasteiger partial charge in [-0.05, 0) is 26.0 Å². The lowest BCUT2D eigenvalue weighted by Gasteiger charge is -2.33. The van der Waals surface area contributed by atoms with Gasteiger partial charge in [0, 0.05) is 31.4 Å². The molecule has 0 aliphatic carbocycles. The largest absolute Gasteiger partial charge is 0.481 e. The molecule has 0 radical (unpaired) electrons. The second-order valence-corrected chi connectivity index (χ2v) is 5.41. The number of hydrogen-bond donors (Lipinski definition) is 1. The van der Waals surface area contributed by atoms with Gasteiger partial charge in [0.25, 0.3) is 5.91 Å². The van der Waals surface area contributed by atoms with Gasteiger partial charge in [0.15, 0.2) is 0 Å². The van der Waals surface area contributed by atoms with Crippen molar-refractivity contribution in [2.24, 2.45) is 7.05 Å². The molecule has 0 aromatic carbocycles. The van der Waals surface area contributed by atoms with Crippen LogP contribution in [0.5, 0.6) is 5.75 Å². The lowest BCUT2D eigenvalue weighted by molar-refractivity contribution is 0.0955. The summed E-state index contributed by atoms with van der Waals surface area (Å²) in [6.07, 6.45) is 3.45. The van der Waals surface area contributed by atoms with Gasteiger partial charge in [-0.3, -0.25) is 9.78 Å². The van der Waals surface area contributed by atoms with Crippen LogP contribution in [0, 0.1) is 0 Å². The van der Waals surface area contributed by atoms with E-state index in [1.165, 1.54) is 0 Å². The second-order valence-electron chi connectivity index (χ2n) is 5.41. The van der Waals surface area contributed by atoms with E-state index < -0.39 is 5.60 Å². The zero-order valence-corrected chi connectivity index (χ0v) is 12.0. The molecule has 1 aliphatic rings. The quantitative estimate of drug-likeness (QED) is 0.864. The van der Waals surface area contributed by atoms with Gasteiger partial charge in [0.2, 0.25) is 0 Å². The van der Waals surface area contributed by atoms with Crippen LogP contribution in [0.2, 0.25) is 0 Å². The molecule has 2 aromatic rings. The van der Waals surface area contributed by atoms with Crippen molar-refractivity contribution < 1.29 is 9.53 Å². The van der Waals surface area contributed by atoms with Crippen LogP contribution in [0.4, 0.5) is 0 Å². The first-order valence-electron chi connectivity index (χ1n) is 6.51. The molecule has 2 aromatic heterocycles. The third kappa shape index (κ3) is 1.62. The van der Waals surface area contributed by atoms with Crippen LogP contribution in [-0.2, 0) is 12.6 Å². The maximum absolute atomic E-state index is 12.0. The van der Waals surface area contributed by atoms with Crippen molar-refractivity contribution in [1.29, 1.82) is 0 Å². The van der Waals surface area contributed by atoms with Crippen molar-refractivity contribution >= 4 is 5.91 Å². The molecule has 0 saturated heterocycles. The van der Waals surface area contributed by atoms with Crippen molar-refractivity contribution in [2.45, 2.75) is 19.4 Å². The van der Waals surface area contributed by atoms with Crippen molar-refractivity contribution in [1.82, 2.24) is 14.9 Å². The Morgan fingerprint density at radius 1 is 1.45 bits per heavy atom. The molecule has 1 N–H and O–H groups in total. The molecule has 3 heterocycles. The summed E-state index contributed by atoms with van der Waals surface area (Å²) >= 11 is 0. The van der Waals surface area contributed by atoms with E-state index in [1.807, 2.05) is 37.6 Å². The van der Waals surface area contributed by atoms with Crippen LogP contribution in [0.25, 0.3) is 11.3 Å². The number of amides is 1. The Kier molecular flexibility index (Phi) is 2.61. The van der Waals surface area contributed by atoms with Crippen LogP contribution in [0.15, 0.2) is 24.5 Å². The Hall–Kier alpha value is -2.30.